The molecule has 0 unspecified atom stereocenters. The first-order valence-electron chi connectivity index (χ1n) is 7.14. The Morgan fingerprint density at radius 2 is 2.14 bits per heavy atom. The van der Waals surface area contributed by atoms with Crippen molar-refractivity contribution in [2.24, 2.45) is 5.92 Å². The van der Waals surface area contributed by atoms with Gasteiger partial charge in [-0.2, -0.15) is 0 Å². The summed E-state index contributed by atoms with van der Waals surface area (Å²) in [4.78, 5) is 13.9. The van der Waals surface area contributed by atoms with Crippen molar-refractivity contribution < 1.29 is 17.9 Å². The molecule has 1 saturated heterocycles. The molecule has 1 fully saturated rings. The lowest BCUT2D eigenvalue weighted by Crippen LogP contribution is -2.37. The normalized spacial score (nSPS) is 20.0. The zero-order valence-corrected chi connectivity index (χ0v) is 14.2. The lowest BCUT2D eigenvalue weighted by atomic mass is 10.2. The molecule has 0 spiro atoms. The summed E-state index contributed by atoms with van der Waals surface area (Å²) in [6.07, 6.45) is 1.74. The smallest absolute Gasteiger partial charge is 0.226 e. The molecular weight excluding hydrogens is 326 g/mol. The number of sulfone groups is 1. The number of para-hydroxylation sites is 1. The molecule has 122 valence electrons. The Balaban J connectivity index is 1.92. The van der Waals surface area contributed by atoms with Gasteiger partial charge in [-0.3, -0.25) is 4.79 Å². The van der Waals surface area contributed by atoms with E-state index in [0.717, 1.165) is 6.26 Å². The van der Waals surface area contributed by atoms with E-state index in [9.17, 15) is 13.2 Å². The molecule has 1 aromatic carbocycles. The largest absolute Gasteiger partial charge is 0.487 e. The Labute approximate surface area is 136 Å². The van der Waals surface area contributed by atoms with E-state index in [4.69, 9.17) is 16.3 Å². The Bertz CT molecular complexity index is 647. The van der Waals surface area contributed by atoms with E-state index in [1.54, 1.807) is 24.0 Å². The number of hydrogen-bond acceptors (Lipinski definition) is 4. The number of likely N-dealkylation sites (tertiary alicyclic amines) is 1. The summed E-state index contributed by atoms with van der Waals surface area (Å²) >= 11 is 6.05. The molecule has 1 aliphatic heterocycles. The van der Waals surface area contributed by atoms with Gasteiger partial charge in [0.15, 0.2) is 0 Å². The zero-order chi connectivity index (χ0) is 16.3. The zero-order valence-electron chi connectivity index (χ0n) is 12.7. The van der Waals surface area contributed by atoms with Crippen molar-refractivity contribution in [2.75, 3.05) is 25.1 Å². The molecule has 0 saturated carbocycles. The number of carbonyl (C=O) groups excluding carboxylic acids is 1. The van der Waals surface area contributed by atoms with Gasteiger partial charge in [-0.1, -0.05) is 30.7 Å². The number of hydrogen-bond donors (Lipinski definition) is 0. The van der Waals surface area contributed by atoms with Gasteiger partial charge in [-0.15, -0.1) is 0 Å². The molecule has 2 atom stereocenters. The SMILES string of the molecule is C[C@H](CS(C)(=O)=O)C(=O)N1CC[C@@H](Oc2ccccc2Cl)C1. The lowest BCUT2D eigenvalue weighted by Gasteiger charge is -2.21. The van der Waals surface area contributed by atoms with Crippen LogP contribution in [0.1, 0.15) is 13.3 Å². The Morgan fingerprint density at radius 3 is 2.77 bits per heavy atom. The van der Waals surface area contributed by atoms with Crippen molar-refractivity contribution in [3.8, 4) is 5.75 Å². The van der Waals surface area contributed by atoms with Crippen molar-refractivity contribution >= 4 is 27.3 Å². The van der Waals surface area contributed by atoms with Crippen molar-refractivity contribution in [2.45, 2.75) is 19.4 Å². The molecule has 1 aliphatic rings. The summed E-state index contributed by atoms with van der Waals surface area (Å²) in [5.41, 5.74) is 0. The highest BCUT2D eigenvalue weighted by atomic mass is 35.5. The van der Waals surface area contributed by atoms with Crippen LogP contribution < -0.4 is 4.74 Å². The van der Waals surface area contributed by atoms with Crippen molar-refractivity contribution in [1.29, 1.82) is 0 Å². The highest BCUT2D eigenvalue weighted by Gasteiger charge is 2.31. The topological polar surface area (TPSA) is 63.7 Å². The highest BCUT2D eigenvalue weighted by molar-refractivity contribution is 7.90. The van der Waals surface area contributed by atoms with Gasteiger partial charge in [-0.25, -0.2) is 8.42 Å². The molecule has 5 nitrogen and oxygen atoms in total. The first-order valence-corrected chi connectivity index (χ1v) is 9.58. The molecule has 0 radical (unpaired) electrons. The van der Waals surface area contributed by atoms with E-state index in [2.05, 4.69) is 0 Å². The molecular formula is C15H20ClNO4S. The van der Waals surface area contributed by atoms with Crippen LogP contribution in [0.5, 0.6) is 5.75 Å². The van der Waals surface area contributed by atoms with Gasteiger partial charge in [0.1, 0.15) is 21.7 Å². The van der Waals surface area contributed by atoms with Crippen molar-refractivity contribution in [3.63, 3.8) is 0 Å². The van der Waals surface area contributed by atoms with Gasteiger partial charge < -0.3 is 9.64 Å². The Kier molecular flexibility index (Phi) is 5.34. The fourth-order valence-electron chi connectivity index (χ4n) is 2.58. The molecule has 0 N–H and O–H groups in total. The summed E-state index contributed by atoms with van der Waals surface area (Å²) in [7, 11) is -3.16. The summed E-state index contributed by atoms with van der Waals surface area (Å²) in [5, 5.41) is 0.540. The molecule has 0 bridgehead atoms. The van der Waals surface area contributed by atoms with Crippen LogP contribution in [-0.2, 0) is 14.6 Å². The van der Waals surface area contributed by atoms with Crippen LogP contribution >= 0.6 is 11.6 Å². The fourth-order valence-corrected chi connectivity index (χ4v) is 3.81. The van der Waals surface area contributed by atoms with Crippen LogP contribution in [0.15, 0.2) is 24.3 Å². The molecule has 0 aromatic heterocycles. The molecule has 1 aromatic rings. The fraction of sp³-hybridized carbons (Fsp3) is 0.533. The van der Waals surface area contributed by atoms with E-state index >= 15 is 0 Å². The number of halogens is 1. The molecule has 22 heavy (non-hydrogen) atoms. The number of rotatable bonds is 5. The van der Waals surface area contributed by atoms with Crippen molar-refractivity contribution in [1.82, 2.24) is 4.90 Å². The average molecular weight is 346 g/mol. The number of benzene rings is 1. The maximum Gasteiger partial charge on any atom is 0.226 e. The van der Waals surface area contributed by atoms with Gasteiger partial charge in [-0.05, 0) is 12.1 Å². The summed E-state index contributed by atoms with van der Waals surface area (Å²) < 4.78 is 28.4. The van der Waals surface area contributed by atoms with Gasteiger partial charge in [0.05, 0.1) is 17.3 Å². The Hall–Kier alpha value is -1.27. The van der Waals surface area contributed by atoms with Gasteiger partial charge in [0, 0.05) is 25.1 Å². The summed E-state index contributed by atoms with van der Waals surface area (Å²) in [6, 6.07) is 7.21. The highest BCUT2D eigenvalue weighted by Crippen LogP contribution is 2.26. The van der Waals surface area contributed by atoms with Crippen LogP contribution in [0.4, 0.5) is 0 Å². The maximum absolute atomic E-state index is 12.3. The van der Waals surface area contributed by atoms with Crippen LogP contribution in [0.25, 0.3) is 0 Å². The van der Waals surface area contributed by atoms with E-state index in [-0.39, 0.29) is 17.8 Å². The second kappa shape index (κ2) is 6.87. The maximum atomic E-state index is 12.3. The Morgan fingerprint density at radius 1 is 1.45 bits per heavy atom. The van der Waals surface area contributed by atoms with E-state index < -0.39 is 15.8 Å². The number of amides is 1. The van der Waals surface area contributed by atoms with E-state index in [1.165, 1.54) is 0 Å². The first-order chi connectivity index (χ1) is 10.3. The minimum absolute atomic E-state index is 0.116. The second-order valence-corrected chi connectivity index (χ2v) is 8.33. The van der Waals surface area contributed by atoms with Gasteiger partial charge in [0.25, 0.3) is 0 Å². The third-order valence-corrected chi connectivity index (χ3v) is 4.98. The molecule has 2 rings (SSSR count). The summed E-state index contributed by atoms with van der Waals surface area (Å²) in [6.45, 7) is 2.67. The molecule has 0 aliphatic carbocycles. The van der Waals surface area contributed by atoms with Gasteiger partial charge in [0.2, 0.25) is 5.91 Å². The number of carbonyl (C=O) groups is 1. The minimum atomic E-state index is -3.16. The van der Waals surface area contributed by atoms with Crippen LogP contribution in [-0.4, -0.2) is 50.4 Å². The average Bonchev–Trinajstić information content (AvgIpc) is 2.87. The number of nitrogens with zero attached hydrogens (tertiary/aromatic N) is 1. The minimum Gasteiger partial charge on any atom is -0.487 e. The standard InChI is InChI=1S/C15H20ClNO4S/c1-11(10-22(2,19)20)15(18)17-8-7-12(9-17)21-14-6-4-3-5-13(14)16/h3-6,11-12H,7-10H2,1-2H3/t11-,12-/m1/s1. The third-order valence-electron chi connectivity index (χ3n) is 3.56. The molecule has 1 heterocycles. The second-order valence-electron chi connectivity index (χ2n) is 5.74. The first kappa shape index (κ1) is 17.1. The lowest BCUT2D eigenvalue weighted by molar-refractivity contribution is -0.133. The predicted molar refractivity (Wildman–Crippen MR) is 85.9 cm³/mol. The molecule has 7 heteroatoms. The quantitative estimate of drug-likeness (QED) is 0.818. The van der Waals surface area contributed by atoms with Crippen LogP contribution in [0.2, 0.25) is 5.02 Å². The van der Waals surface area contributed by atoms with Crippen LogP contribution in [0, 0.1) is 5.92 Å². The number of ether oxygens (including phenoxy) is 1. The van der Waals surface area contributed by atoms with E-state index in [1.807, 2.05) is 12.1 Å². The van der Waals surface area contributed by atoms with E-state index in [0.29, 0.717) is 30.3 Å². The van der Waals surface area contributed by atoms with Crippen molar-refractivity contribution in [3.05, 3.63) is 29.3 Å². The predicted octanol–water partition coefficient (Wildman–Crippen LogP) is 2.00. The van der Waals surface area contributed by atoms with Crippen LogP contribution in [0.3, 0.4) is 0 Å². The monoisotopic (exact) mass is 345 g/mol. The summed E-state index contributed by atoms with van der Waals surface area (Å²) in [5.74, 6) is -0.198. The molecule has 1 amide bonds. The van der Waals surface area contributed by atoms with Gasteiger partial charge >= 0.3 is 0 Å². The third kappa shape index (κ3) is 4.61.